The van der Waals surface area contributed by atoms with Gasteiger partial charge in [-0.1, -0.05) is 11.6 Å². The normalized spacial score (nSPS) is 12.3. The van der Waals surface area contributed by atoms with Crippen LogP contribution in [0.4, 0.5) is 18.9 Å². The zero-order valence-electron chi connectivity index (χ0n) is 13.4. The van der Waals surface area contributed by atoms with Crippen LogP contribution in [0.1, 0.15) is 16.8 Å². The van der Waals surface area contributed by atoms with E-state index in [0.29, 0.717) is 5.75 Å². The Morgan fingerprint density at radius 2 is 2.04 bits per heavy atom. The molecule has 1 rings (SSSR count). The van der Waals surface area contributed by atoms with Crippen LogP contribution in [0, 0.1) is 10.1 Å². The molecule has 144 valence electrons. The Bertz CT molecular complexity index is 688. The molecule has 0 aliphatic carbocycles. The van der Waals surface area contributed by atoms with Crippen molar-refractivity contribution < 1.29 is 27.7 Å². The quantitative estimate of drug-likeness (QED) is 0.504. The molecule has 0 fully saturated rings. The van der Waals surface area contributed by atoms with Gasteiger partial charge in [0.2, 0.25) is 5.91 Å². The molecule has 0 radical (unpaired) electrons. The third-order valence-electron chi connectivity index (χ3n) is 3.10. The molecule has 1 atom stereocenters. The highest BCUT2D eigenvalue weighted by atomic mass is 35.5. The molecular formula is C14H15ClF3N3O4S. The molecule has 2 N–H and O–H groups in total. The van der Waals surface area contributed by atoms with Gasteiger partial charge in [0.1, 0.15) is 17.6 Å². The van der Waals surface area contributed by atoms with E-state index in [1.807, 2.05) is 0 Å². The number of nitrogens with zero attached hydrogens (tertiary/aromatic N) is 1. The van der Waals surface area contributed by atoms with Crippen LogP contribution in [0.3, 0.4) is 0 Å². The third-order valence-corrected chi connectivity index (χ3v) is 4.06. The average molecular weight is 414 g/mol. The number of alkyl halides is 3. The van der Waals surface area contributed by atoms with Gasteiger partial charge in [-0.3, -0.25) is 19.7 Å². The van der Waals surface area contributed by atoms with Crippen molar-refractivity contribution in [2.75, 3.05) is 18.6 Å². The van der Waals surface area contributed by atoms with Crippen molar-refractivity contribution in [2.24, 2.45) is 0 Å². The maximum absolute atomic E-state index is 12.2. The molecular weight excluding hydrogens is 399 g/mol. The summed E-state index contributed by atoms with van der Waals surface area (Å²) in [7, 11) is 0. The number of hydrogen-bond donors (Lipinski definition) is 2. The molecule has 12 heteroatoms. The first kappa shape index (κ1) is 22.0. The maximum atomic E-state index is 12.2. The minimum atomic E-state index is -4.58. The summed E-state index contributed by atoms with van der Waals surface area (Å²) in [6.45, 7) is -1.52. The minimum Gasteiger partial charge on any atom is -0.345 e. The van der Waals surface area contributed by atoms with E-state index in [1.165, 1.54) is 17.8 Å². The predicted molar refractivity (Wildman–Crippen MR) is 91.4 cm³/mol. The standard InChI is InChI=1S/C14H15ClF3N3O4S/c1-26-5-4-10(13(23)19-7-14(16,17)18)20-12(22)8-2-3-9(15)11(6-8)21(24)25/h2-3,6,10H,4-5,7H2,1H3,(H,19,23)(H,20,22). The largest absolute Gasteiger partial charge is 0.405 e. The summed E-state index contributed by atoms with van der Waals surface area (Å²) in [5.41, 5.74) is -0.639. The van der Waals surface area contributed by atoms with E-state index in [0.717, 1.165) is 12.1 Å². The first-order valence-corrected chi connectivity index (χ1v) is 8.90. The van der Waals surface area contributed by atoms with Gasteiger partial charge in [0.25, 0.3) is 11.6 Å². The number of amides is 2. The number of nitro benzene ring substituents is 1. The summed E-state index contributed by atoms with van der Waals surface area (Å²) < 4.78 is 36.7. The van der Waals surface area contributed by atoms with Crippen molar-refractivity contribution in [2.45, 2.75) is 18.6 Å². The smallest absolute Gasteiger partial charge is 0.345 e. The average Bonchev–Trinajstić information content (AvgIpc) is 2.55. The van der Waals surface area contributed by atoms with E-state index < -0.39 is 41.2 Å². The van der Waals surface area contributed by atoms with E-state index in [-0.39, 0.29) is 17.0 Å². The lowest BCUT2D eigenvalue weighted by atomic mass is 10.1. The van der Waals surface area contributed by atoms with Crippen molar-refractivity contribution in [1.29, 1.82) is 0 Å². The first-order chi connectivity index (χ1) is 12.0. The number of rotatable bonds is 8. The van der Waals surface area contributed by atoms with E-state index >= 15 is 0 Å². The summed E-state index contributed by atoms with van der Waals surface area (Å²) in [4.78, 5) is 34.2. The van der Waals surface area contributed by atoms with Crippen LogP contribution in [-0.2, 0) is 4.79 Å². The van der Waals surface area contributed by atoms with Gasteiger partial charge in [-0.05, 0) is 30.6 Å². The number of nitrogens with one attached hydrogen (secondary N) is 2. The van der Waals surface area contributed by atoms with Crippen molar-refractivity contribution in [1.82, 2.24) is 10.6 Å². The summed E-state index contributed by atoms with van der Waals surface area (Å²) in [6, 6.07) is 2.07. The number of halogens is 4. The molecule has 0 heterocycles. The van der Waals surface area contributed by atoms with Gasteiger partial charge >= 0.3 is 6.18 Å². The molecule has 1 aromatic rings. The second kappa shape index (κ2) is 9.62. The third kappa shape index (κ3) is 7.08. The Labute approximate surface area is 155 Å². The molecule has 0 saturated carbocycles. The van der Waals surface area contributed by atoms with Crippen LogP contribution in [0.25, 0.3) is 0 Å². The minimum absolute atomic E-state index is 0.0896. The molecule has 7 nitrogen and oxygen atoms in total. The van der Waals surface area contributed by atoms with Gasteiger partial charge in [-0.15, -0.1) is 0 Å². The molecule has 0 aliphatic rings. The van der Waals surface area contributed by atoms with E-state index in [2.05, 4.69) is 5.32 Å². The van der Waals surface area contributed by atoms with Gasteiger partial charge in [0.15, 0.2) is 0 Å². The lowest BCUT2D eigenvalue weighted by Crippen LogP contribution is -2.49. The van der Waals surface area contributed by atoms with Crippen LogP contribution in [0.5, 0.6) is 0 Å². The van der Waals surface area contributed by atoms with E-state index in [9.17, 15) is 32.9 Å². The molecule has 0 spiro atoms. The van der Waals surface area contributed by atoms with E-state index in [4.69, 9.17) is 11.6 Å². The van der Waals surface area contributed by atoms with Gasteiger partial charge in [-0.25, -0.2) is 0 Å². The monoisotopic (exact) mass is 413 g/mol. The molecule has 1 unspecified atom stereocenters. The SMILES string of the molecule is CSCCC(NC(=O)c1ccc(Cl)c([N+](=O)[O-])c1)C(=O)NCC(F)(F)F. The van der Waals surface area contributed by atoms with Crippen molar-refractivity contribution >= 4 is 40.9 Å². The fourth-order valence-electron chi connectivity index (χ4n) is 1.85. The summed E-state index contributed by atoms with van der Waals surface area (Å²) in [5.74, 6) is -1.42. The van der Waals surface area contributed by atoms with Gasteiger partial charge < -0.3 is 10.6 Å². The number of carbonyl (C=O) groups excluding carboxylic acids is 2. The highest BCUT2D eigenvalue weighted by molar-refractivity contribution is 7.98. The first-order valence-electron chi connectivity index (χ1n) is 7.13. The van der Waals surface area contributed by atoms with E-state index in [1.54, 1.807) is 11.6 Å². The number of benzene rings is 1. The molecule has 0 bridgehead atoms. The fraction of sp³-hybridized carbons (Fsp3) is 0.429. The fourth-order valence-corrected chi connectivity index (χ4v) is 2.51. The van der Waals surface area contributed by atoms with Crippen LogP contribution >= 0.6 is 23.4 Å². The molecule has 0 aromatic heterocycles. The number of carbonyl (C=O) groups is 2. The molecule has 0 saturated heterocycles. The molecule has 26 heavy (non-hydrogen) atoms. The van der Waals surface area contributed by atoms with Crippen LogP contribution < -0.4 is 10.6 Å². The molecule has 2 amide bonds. The van der Waals surface area contributed by atoms with Gasteiger partial charge in [-0.2, -0.15) is 24.9 Å². The number of hydrogen-bond acceptors (Lipinski definition) is 5. The highest BCUT2D eigenvalue weighted by Gasteiger charge is 2.30. The van der Waals surface area contributed by atoms with Gasteiger partial charge in [0, 0.05) is 11.6 Å². The van der Waals surface area contributed by atoms with Crippen LogP contribution in [0.15, 0.2) is 18.2 Å². The topological polar surface area (TPSA) is 101 Å². The Morgan fingerprint density at radius 3 is 2.58 bits per heavy atom. The van der Waals surface area contributed by atoms with Gasteiger partial charge in [0.05, 0.1) is 4.92 Å². The predicted octanol–water partition coefficient (Wildman–Crippen LogP) is 2.78. The lowest BCUT2D eigenvalue weighted by molar-refractivity contribution is -0.384. The zero-order valence-corrected chi connectivity index (χ0v) is 15.0. The van der Waals surface area contributed by atoms with Crippen molar-refractivity contribution in [3.8, 4) is 0 Å². The van der Waals surface area contributed by atoms with Crippen LogP contribution in [0.2, 0.25) is 5.02 Å². The zero-order chi connectivity index (χ0) is 19.9. The second-order valence-electron chi connectivity index (χ2n) is 5.06. The van der Waals surface area contributed by atoms with Crippen molar-refractivity contribution in [3.63, 3.8) is 0 Å². The summed E-state index contributed by atoms with van der Waals surface area (Å²) in [6.07, 6.45) is -2.76. The molecule has 1 aromatic carbocycles. The van der Waals surface area contributed by atoms with Crippen LogP contribution in [-0.4, -0.2) is 47.5 Å². The Balaban J connectivity index is 2.90. The summed E-state index contributed by atoms with van der Waals surface area (Å²) in [5, 5.41) is 14.7. The lowest BCUT2D eigenvalue weighted by Gasteiger charge is -2.19. The van der Waals surface area contributed by atoms with Crippen molar-refractivity contribution in [3.05, 3.63) is 38.9 Å². The Kier molecular flexibility index (Phi) is 8.15. The highest BCUT2D eigenvalue weighted by Crippen LogP contribution is 2.25. The maximum Gasteiger partial charge on any atom is 0.405 e. The second-order valence-corrected chi connectivity index (χ2v) is 6.46. The number of thioether (sulfide) groups is 1. The Morgan fingerprint density at radius 1 is 1.38 bits per heavy atom. The Hall–Kier alpha value is -2.01. The molecule has 0 aliphatic heterocycles. The summed E-state index contributed by atoms with van der Waals surface area (Å²) >= 11 is 7.00. The number of nitro groups is 1.